The number of hydrogen-bond acceptors (Lipinski definition) is 3. The number of piperidine rings is 2. The first-order chi connectivity index (χ1) is 8.69. The van der Waals surface area contributed by atoms with Gasteiger partial charge in [-0.25, -0.2) is 0 Å². The fourth-order valence-electron chi connectivity index (χ4n) is 3.60. The van der Waals surface area contributed by atoms with Crippen LogP contribution < -0.4 is 5.32 Å². The quantitative estimate of drug-likeness (QED) is 0.832. The average molecular weight is 254 g/mol. The van der Waals surface area contributed by atoms with E-state index in [2.05, 4.69) is 24.1 Å². The summed E-state index contributed by atoms with van der Waals surface area (Å²) >= 11 is 0. The maximum Gasteiger partial charge on any atom is 0.0724 e. The standard InChI is InChI=1S/C15H30N2O/c1-4-15(6-8-16-9-7-15)12-17-10-5-13(2)14(11-17)18-3/h13-14,16H,4-12H2,1-3H3. The summed E-state index contributed by atoms with van der Waals surface area (Å²) in [6, 6.07) is 0. The lowest BCUT2D eigenvalue weighted by Gasteiger charge is -2.44. The first-order valence-corrected chi connectivity index (χ1v) is 7.65. The van der Waals surface area contributed by atoms with Crippen LogP contribution in [-0.4, -0.2) is 50.8 Å². The summed E-state index contributed by atoms with van der Waals surface area (Å²) in [5.74, 6) is 0.719. The van der Waals surface area contributed by atoms with Crippen molar-refractivity contribution in [1.82, 2.24) is 10.2 Å². The van der Waals surface area contributed by atoms with Crippen molar-refractivity contribution in [2.75, 3.05) is 39.8 Å². The molecule has 2 aliphatic heterocycles. The Hall–Kier alpha value is -0.120. The van der Waals surface area contributed by atoms with Crippen LogP contribution in [-0.2, 0) is 4.74 Å². The van der Waals surface area contributed by atoms with Gasteiger partial charge >= 0.3 is 0 Å². The first-order valence-electron chi connectivity index (χ1n) is 7.65. The summed E-state index contributed by atoms with van der Waals surface area (Å²) < 4.78 is 5.64. The Bertz CT molecular complexity index is 251. The molecule has 1 N–H and O–H groups in total. The topological polar surface area (TPSA) is 24.5 Å². The molecule has 0 aromatic heterocycles. The molecule has 0 radical (unpaired) electrons. The molecule has 18 heavy (non-hydrogen) atoms. The molecule has 2 rings (SSSR count). The molecular formula is C15H30N2O. The smallest absolute Gasteiger partial charge is 0.0724 e. The van der Waals surface area contributed by atoms with E-state index in [4.69, 9.17) is 4.74 Å². The predicted molar refractivity (Wildman–Crippen MR) is 75.8 cm³/mol. The molecule has 0 bridgehead atoms. The van der Waals surface area contributed by atoms with Crippen LogP contribution >= 0.6 is 0 Å². The molecular weight excluding hydrogens is 224 g/mol. The van der Waals surface area contributed by atoms with Crippen LogP contribution in [0.3, 0.4) is 0 Å². The molecule has 3 nitrogen and oxygen atoms in total. The van der Waals surface area contributed by atoms with Gasteiger partial charge in [-0.05, 0) is 56.7 Å². The highest BCUT2D eigenvalue weighted by atomic mass is 16.5. The lowest BCUT2D eigenvalue weighted by atomic mass is 9.75. The van der Waals surface area contributed by atoms with Crippen molar-refractivity contribution in [2.24, 2.45) is 11.3 Å². The van der Waals surface area contributed by atoms with E-state index in [1.54, 1.807) is 0 Å². The molecule has 0 spiro atoms. The van der Waals surface area contributed by atoms with Crippen LogP contribution in [0.4, 0.5) is 0 Å². The molecule has 0 saturated carbocycles. The zero-order valence-electron chi connectivity index (χ0n) is 12.4. The lowest BCUT2D eigenvalue weighted by molar-refractivity contribution is -0.0225. The Labute approximate surface area is 112 Å². The van der Waals surface area contributed by atoms with Gasteiger partial charge in [-0.15, -0.1) is 0 Å². The Morgan fingerprint density at radius 1 is 1.33 bits per heavy atom. The van der Waals surface area contributed by atoms with Gasteiger partial charge in [0.15, 0.2) is 0 Å². The van der Waals surface area contributed by atoms with Gasteiger partial charge in [0.05, 0.1) is 6.10 Å². The average Bonchev–Trinajstić information content (AvgIpc) is 2.42. The molecule has 0 aliphatic carbocycles. The normalized spacial score (nSPS) is 33.5. The largest absolute Gasteiger partial charge is 0.380 e. The summed E-state index contributed by atoms with van der Waals surface area (Å²) in [6.07, 6.45) is 5.73. The Kier molecular flexibility index (Phi) is 5.05. The number of nitrogens with one attached hydrogen (secondary N) is 1. The van der Waals surface area contributed by atoms with E-state index in [0.29, 0.717) is 11.5 Å². The second-order valence-electron chi connectivity index (χ2n) is 6.38. The number of likely N-dealkylation sites (tertiary alicyclic amines) is 1. The summed E-state index contributed by atoms with van der Waals surface area (Å²) in [4.78, 5) is 2.66. The van der Waals surface area contributed by atoms with Crippen molar-refractivity contribution in [1.29, 1.82) is 0 Å². The van der Waals surface area contributed by atoms with E-state index < -0.39 is 0 Å². The van der Waals surface area contributed by atoms with E-state index in [0.717, 1.165) is 12.5 Å². The highest BCUT2D eigenvalue weighted by Gasteiger charge is 2.35. The zero-order chi connectivity index (χ0) is 13.0. The van der Waals surface area contributed by atoms with Crippen LogP contribution in [0.5, 0.6) is 0 Å². The summed E-state index contributed by atoms with van der Waals surface area (Å²) in [5.41, 5.74) is 0.560. The second-order valence-corrected chi connectivity index (χ2v) is 6.38. The third-order valence-corrected chi connectivity index (χ3v) is 5.25. The minimum Gasteiger partial charge on any atom is -0.380 e. The third kappa shape index (κ3) is 3.25. The highest BCUT2D eigenvalue weighted by molar-refractivity contribution is 4.89. The maximum absolute atomic E-state index is 5.64. The second kappa shape index (κ2) is 6.36. The number of hydrogen-bond donors (Lipinski definition) is 1. The Balaban J connectivity index is 1.91. The van der Waals surface area contributed by atoms with Crippen molar-refractivity contribution >= 4 is 0 Å². The van der Waals surface area contributed by atoms with Gasteiger partial charge < -0.3 is 15.0 Å². The van der Waals surface area contributed by atoms with Gasteiger partial charge in [0.25, 0.3) is 0 Å². The molecule has 0 aromatic rings. The number of nitrogens with zero attached hydrogens (tertiary/aromatic N) is 1. The van der Waals surface area contributed by atoms with Crippen molar-refractivity contribution in [2.45, 2.75) is 45.6 Å². The Morgan fingerprint density at radius 2 is 2.06 bits per heavy atom. The van der Waals surface area contributed by atoms with Crippen LogP contribution in [0.25, 0.3) is 0 Å². The van der Waals surface area contributed by atoms with Gasteiger partial charge in [0.2, 0.25) is 0 Å². The van der Waals surface area contributed by atoms with Crippen molar-refractivity contribution in [3.05, 3.63) is 0 Å². The monoisotopic (exact) mass is 254 g/mol. The molecule has 2 unspecified atom stereocenters. The number of ether oxygens (including phenoxy) is 1. The molecule has 0 aromatic carbocycles. The number of rotatable bonds is 4. The molecule has 106 valence electrons. The van der Waals surface area contributed by atoms with E-state index in [9.17, 15) is 0 Å². The summed E-state index contributed by atoms with van der Waals surface area (Å²) in [5, 5.41) is 3.49. The molecule has 2 atom stereocenters. The lowest BCUT2D eigenvalue weighted by Crippen LogP contribution is -2.50. The molecule has 2 fully saturated rings. The maximum atomic E-state index is 5.64. The molecule has 2 heterocycles. The van der Waals surface area contributed by atoms with E-state index >= 15 is 0 Å². The van der Waals surface area contributed by atoms with Gasteiger partial charge in [-0.1, -0.05) is 13.8 Å². The molecule has 3 heteroatoms. The van der Waals surface area contributed by atoms with E-state index in [1.807, 2.05) is 7.11 Å². The van der Waals surface area contributed by atoms with Crippen molar-refractivity contribution in [3.63, 3.8) is 0 Å². The van der Waals surface area contributed by atoms with E-state index in [1.165, 1.54) is 51.9 Å². The fraction of sp³-hybridized carbons (Fsp3) is 1.00. The molecule has 2 aliphatic rings. The van der Waals surface area contributed by atoms with Gasteiger partial charge in [0, 0.05) is 20.2 Å². The van der Waals surface area contributed by atoms with Crippen LogP contribution in [0.1, 0.15) is 39.5 Å². The zero-order valence-corrected chi connectivity index (χ0v) is 12.4. The predicted octanol–water partition coefficient (Wildman–Crippen LogP) is 2.12. The minimum atomic E-state index is 0.439. The fourth-order valence-corrected chi connectivity index (χ4v) is 3.60. The van der Waals surface area contributed by atoms with Crippen LogP contribution in [0, 0.1) is 11.3 Å². The van der Waals surface area contributed by atoms with Crippen LogP contribution in [0.2, 0.25) is 0 Å². The SMILES string of the molecule is CCC1(CN2CCC(C)C(OC)C2)CCNCC1. The van der Waals surface area contributed by atoms with Gasteiger partial charge in [0.1, 0.15) is 0 Å². The van der Waals surface area contributed by atoms with Gasteiger partial charge in [-0.2, -0.15) is 0 Å². The summed E-state index contributed by atoms with van der Waals surface area (Å²) in [7, 11) is 1.87. The third-order valence-electron chi connectivity index (χ3n) is 5.25. The minimum absolute atomic E-state index is 0.439. The van der Waals surface area contributed by atoms with Crippen molar-refractivity contribution < 1.29 is 4.74 Å². The number of methoxy groups -OCH3 is 1. The summed E-state index contributed by atoms with van der Waals surface area (Å²) in [6.45, 7) is 10.8. The Morgan fingerprint density at radius 3 is 2.67 bits per heavy atom. The highest BCUT2D eigenvalue weighted by Crippen LogP contribution is 2.34. The van der Waals surface area contributed by atoms with Gasteiger partial charge in [-0.3, -0.25) is 0 Å². The molecule has 2 saturated heterocycles. The van der Waals surface area contributed by atoms with Crippen LogP contribution in [0.15, 0.2) is 0 Å². The molecule has 0 amide bonds. The van der Waals surface area contributed by atoms with E-state index in [-0.39, 0.29) is 0 Å². The first kappa shape index (κ1) is 14.3. The van der Waals surface area contributed by atoms with Crippen molar-refractivity contribution in [3.8, 4) is 0 Å².